The molecular weight excluding hydrogens is 252 g/mol. The molecule has 1 fully saturated rings. The molecule has 5 heteroatoms. The summed E-state index contributed by atoms with van der Waals surface area (Å²) in [5.41, 5.74) is 5.29. The molecule has 2 rings (SSSR count). The first-order valence-electron chi connectivity index (χ1n) is 6.43. The first kappa shape index (κ1) is 13.9. The Morgan fingerprint density at radius 1 is 1.26 bits per heavy atom. The zero-order valence-corrected chi connectivity index (χ0v) is 10.6. The van der Waals surface area contributed by atoms with E-state index in [1.54, 1.807) is 0 Å². The first-order chi connectivity index (χ1) is 9.00. The van der Waals surface area contributed by atoms with Gasteiger partial charge in [0.1, 0.15) is 0 Å². The Morgan fingerprint density at radius 3 is 2.42 bits per heavy atom. The van der Waals surface area contributed by atoms with Crippen LogP contribution >= 0.6 is 0 Å². The zero-order valence-electron chi connectivity index (χ0n) is 10.6. The molecule has 104 valence electrons. The summed E-state index contributed by atoms with van der Waals surface area (Å²) in [5.74, 6) is -3.88. The lowest BCUT2D eigenvalue weighted by atomic mass is 9.69. The number of rotatable bonds is 3. The monoisotopic (exact) mass is 269 g/mol. The van der Waals surface area contributed by atoms with E-state index < -0.39 is 28.6 Å². The van der Waals surface area contributed by atoms with Crippen LogP contribution in [0.15, 0.2) is 12.1 Å². The van der Waals surface area contributed by atoms with E-state index in [2.05, 4.69) is 0 Å². The van der Waals surface area contributed by atoms with E-state index >= 15 is 0 Å². The molecule has 0 saturated heterocycles. The van der Waals surface area contributed by atoms with Crippen LogP contribution in [0.5, 0.6) is 0 Å². The normalized spacial score (nSPS) is 18.3. The van der Waals surface area contributed by atoms with Crippen molar-refractivity contribution in [1.82, 2.24) is 0 Å². The smallest absolute Gasteiger partial charge is 0.338 e. The number of aromatic carboxylic acids is 1. The molecule has 0 aromatic heterocycles. The maximum absolute atomic E-state index is 13.6. The largest absolute Gasteiger partial charge is 0.478 e. The van der Waals surface area contributed by atoms with Crippen molar-refractivity contribution < 1.29 is 18.7 Å². The van der Waals surface area contributed by atoms with Crippen LogP contribution in [0.1, 0.15) is 48.0 Å². The minimum atomic E-state index is -1.46. The minimum Gasteiger partial charge on any atom is -0.478 e. The Hall–Kier alpha value is -1.49. The van der Waals surface area contributed by atoms with Gasteiger partial charge in [0.2, 0.25) is 0 Å². The van der Waals surface area contributed by atoms with Crippen LogP contribution in [0.25, 0.3) is 0 Å². The second-order valence-corrected chi connectivity index (χ2v) is 5.17. The molecule has 0 spiro atoms. The van der Waals surface area contributed by atoms with E-state index in [0.717, 1.165) is 38.2 Å². The predicted octanol–water partition coefficient (Wildman–Crippen LogP) is 2.82. The van der Waals surface area contributed by atoms with Gasteiger partial charge < -0.3 is 10.8 Å². The van der Waals surface area contributed by atoms with Gasteiger partial charge in [-0.1, -0.05) is 19.3 Å². The molecule has 0 unspecified atom stereocenters. The van der Waals surface area contributed by atoms with Gasteiger partial charge in [0.15, 0.2) is 11.6 Å². The van der Waals surface area contributed by atoms with Crippen molar-refractivity contribution >= 4 is 5.97 Å². The lowest BCUT2D eigenvalue weighted by molar-refractivity contribution is 0.0690. The Kier molecular flexibility index (Phi) is 3.85. The highest BCUT2D eigenvalue weighted by Gasteiger charge is 2.34. The topological polar surface area (TPSA) is 63.3 Å². The Morgan fingerprint density at radius 2 is 1.89 bits per heavy atom. The number of nitrogens with two attached hydrogens (primary N) is 1. The molecule has 0 aliphatic heterocycles. The highest BCUT2D eigenvalue weighted by molar-refractivity contribution is 5.88. The van der Waals surface area contributed by atoms with Crippen molar-refractivity contribution in [1.29, 1.82) is 0 Å². The van der Waals surface area contributed by atoms with Crippen molar-refractivity contribution in [3.05, 3.63) is 34.9 Å². The standard InChI is InChI=1S/C14H17F2NO2/c15-11-7-9(6-10(12(11)16)13(18)19)14(8-17)4-2-1-3-5-14/h6-7H,1-5,8,17H2,(H,18,19). The highest BCUT2D eigenvalue weighted by Crippen LogP contribution is 2.39. The van der Waals surface area contributed by atoms with E-state index in [1.807, 2.05) is 0 Å². The molecule has 1 saturated carbocycles. The number of benzene rings is 1. The number of halogens is 2. The number of hydrogen-bond acceptors (Lipinski definition) is 2. The average Bonchev–Trinajstić information content (AvgIpc) is 2.42. The second kappa shape index (κ2) is 5.25. The number of hydrogen-bond donors (Lipinski definition) is 2. The summed E-state index contributed by atoms with van der Waals surface area (Å²) in [5, 5.41) is 8.93. The van der Waals surface area contributed by atoms with Gasteiger partial charge in [0, 0.05) is 12.0 Å². The third-order valence-corrected chi connectivity index (χ3v) is 4.07. The van der Waals surface area contributed by atoms with Crippen LogP contribution in [0.2, 0.25) is 0 Å². The van der Waals surface area contributed by atoms with Crippen molar-refractivity contribution in [2.75, 3.05) is 6.54 Å². The molecule has 19 heavy (non-hydrogen) atoms. The van der Waals surface area contributed by atoms with E-state index in [1.165, 1.54) is 6.07 Å². The van der Waals surface area contributed by atoms with Crippen molar-refractivity contribution in [2.24, 2.45) is 5.73 Å². The van der Waals surface area contributed by atoms with Gasteiger partial charge in [-0.15, -0.1) is 0 Å². The summed E-state index contributed by atoms with van der Waals surface area (Å²) in [4.78, 5) is 11.0. The van der Waals surface area contributed by atoms with Crippen LogP contribution in [-0.4, -0.2) is 17.6 Å². The summed E-state index contributed by atoms with van der Waals surface area (Å²) in [7, 11) is 0. The molecule has 0 amide bonds. The fourth-order valence-electron chi connectivity index (χ4n) is 2.89. The molecule has 0 heterocycles. The van der Waals surface area contributed by atoms with Crippen LogP contribution < -0.4 is 5.73 Å². The third kappa shape index (κ3) is 2.47. The number of carbonyl (C=O) groups is 1. The van der Waals surface area contributed by atoms with E-state index in [4.69, 9.17) is 10.8 Å². The summed E-state index contributed by atoms with van der Waals surface area (Å²) in [6, 6.07) is 2.33. The van der Waals surface area contributed by atoms with Crippen LogP contribution in [0, 0.1) is 11.6 Å². The first-order valence-corrected chi connectivity index (χ1v) is 6.43. The molecular formula is C14H17F2NO2. The molecule has 1 aliphatic rings. The van der Waals surface area contributed by atoms with Crippen molar-refractivity contribution in [2.45, 2.75) is 37.5 Å². The highest BCUT2D eigenvalue weighted by atomic mass is 19.2. The fraction of sp³-hybridized carbons (Fsp3) is 0.500. The SMILES string of the molecule is NCC1(c2cc(F)c(F)c(C(=O)O)c2)CCCCC1. The summed E-state index contributed by atoms with van der Waals surface area (Å²) < 4.78 is 27.0. The summed E-state index contributed by atoms with van der Waals surface area (Å²) in [6.45, 7) is 0.317. The van der Waals surface area contributed by atoms with Gasteiger partial charge in [-0.25, -0.2) is 13.6 Å². The Bertz CT molecular complexity index is 496. The van der Waals surface area contributed by atoms with Crippen molar-refractivity contribution in [3.63, 3.8) is 0 Å². The number of carboxylic acids is 1. The van der Waals surface area contributed by atoms with Crippen LogP contribution in [0.3, 0.4) is 0 Å². The van der Waals surface area contributed by atoms with Gasteiger partial charge in [-0.3, -0.25) is 0 Å². The van der Waals surface area contributed by atoms with Crippen LogP contribution in [-0.2, 0) is 5.41 Å². The maximum Gasteiger partial charge on any atom is 0.338 e. The lowest BCUT2D eigenvalue weighted by Crippen LogP contribution is -2.37. The van der Waals surface area contributed by atoms with Gasteiger partial charge in [0.05, 0.1) is 5.56 Å². The molecule has 0 radical (unpaired) electrons. The third-order valence-electron chi connectivity index (χ3n) is 4.07. The van der Waals surface area contributed by atoms with Crippen molar-refractivity contribution in [3.8, 4) is 0 Å². The van der Waals surface area contributed by atoms with E-state index in [-0.39, 0.29) is 0 Å². The summed E-state index contributed by atoms with van der Waals surface area (Å²) >= 11 is 0. The molecule has 1 aromatic carbocycles. The molecule has 3 N–H and O–H groups in total. The summed E-state index contributed by atoms with van der Waals surface area (Å²) in [6.07, 6.45) is 4.61. The van der Waals surface area contributed by atoms with Gasteiger partial charge in [-0.05, 0) is 30.5 Å². The maximum atomic E-state index is 13.6. The van der Waals surface area contributed by atoms with E-state index in [0.29, 0.717) is 12.1 Å². The Labute approximate surface area is 110 Å². The zero-order chi connectivity index (χ0) is 14.0. The fourth-order valence-corrected chi connectivity index (χ4v) is 2.89. The Balaban J connectivity index is 2.52. The molecule has 3 nitrogen and oxygen atoms in total. The second-order valence-electron chi connectivity index (χ2n) is 5.17. The minimum absolute atomic E-state index is 0.317. The molecule has 0 bridgehead atoms. The van der Waals surface area contributed by atoms with Crippen LogP contribution in [0.4, 0.5) is 8.78 Å². The predicted molar refractivity (Wildman–Crippen MR) is 67.1 cm³/mol. The van der Waals surface area contributed by atoms with Gasteiger partial charge in [-0.2, -0.15) is 0 Å². The van der Waals surface area contributed by atoms with Gasteiger partial charge >= 0.3 is 5.97 Å². The lowest BCUT2D eigenvalue weighted by Gasteiger charge is -2.37. The number of carboxylic acid groups (broad SMARTS) is 1. The van der Waals surface area contributed by atoms with Gasteiger partial charge in [0.25, 0.3) is 0 Å². The molecule has 0 atom stereocenters. The van der Waals surface area contributed by atoms with E-state index in [9.17, 15) is 13.6 Å². The molecule has 1 aliphatic carbocycles. The molecule has 1 aromatic rings. The average molecular weight is 269 g/mol. The quantitative estimate of drug-likeness (QED) is 0.886.